The van der Waals surface area contributed by atoms with Crippen LogP contribution in [0, 0.1) is 0 Å². The van der Waals surface area contributed by atoms with Gasteiger partial charge in [-0.25, -0.2) is 8.42 Å². The van der Waals surface area contributed by atoms with E-state index in [-0.39, 0.29) is 11.5 Å². The van der Waals surface area contributed by atoms with Crippen LogP contribution in [0.5, 0.6) is 5.75 Å². The van der Waals surface area contributed by atoms with Crippen LogP contribution in [-0.2, 0) is 15.8 Å². The molecule has 0 atom stereocenters. The summed E-state index contributed by atoms with van der Waals surface area (Å²) in [6.45, 7) is 0. The molecule has 1 aromatic heterocycles. The number of nitrogens with one attached hydrogen (secondary N) is 1. The third-order valence-corrected chi connectivity index (χ3v) is 7.59. The van der Waals surface area contributed by atoms with Crippen molar-refractivity contribution in [2.45, 2.75) is 15.5 Å². The second-order valence-electron chi connectivity index (χ2n) is 7.60. The summed E-state index contributed by atoms with van der Waals surface area (Å²) in [5, 5.41) is 13.2. The maximum atomic E-state index is 13.0. The van der Waals surface area contributed by atoms with Gasteiger partial charge >= 0.3 is 0 Å². The first-order valence-electron chi connectivity index (χ1n) is 10.3. The fraction of sp³-hybridized carbons (Fsp3) is 0.0385. The number of para-hydroxylation sites is 1. The van der Waals surface area contributed by atoms with E-state index in [4.69, 9.17) is 0 Å². The second-order valence-corrected chi connectivity index (χ2v) is 10.4. The Morgan fingerprint density at radius 2 is 1.55 bits per heavy atom. The molecule has 5 nitrogen and oxygen atoms in total. The lowest BCUT2D eigenvalue weighted by Crippen LogP contribution is -2.15. The Balaban J connectivity index is 1.57. The molecule has 7 heteroatoms. The number of pyridine rings is 1. The van der Waals surface area contributed by atoms with E-state index in [1.54, 1.807) is 36.5 Å². The molecular formula is C26H20N2O3S2. The van der Waals surface area contributed by atoms with Crippen molar-refractivity contribution in [2.24, 2.45) is 0 Å². The van der Waals surface area contributed by atoms with Crippen molar-refractivity contribution in [3.05, 3.63) is 103 Å². The lowest BCUT2D eigenvalue weighted by atomic mass is 10.1. The highest BCUT2D eigenvalue weighted by Gasteiger charge is 2.18. The molecule has 5 aromatic rings. The molecule has 0 radical (unpaired) electrons. The molecule has 33 heavy (non-hydrogen) atoms. The Bertz CT molecular complexity index is 1560. The maximum absolute atomic E-state index is 13.0. The molecule has 0 fully saturated rings. The Kier molecular flexibility index (Phi) is 5.66. The predicted octanol–water partition coefficient (Wildman–Crippen LogP) is 6.19. The normalized spacial score (nSPS) is 11.6. The number of sulfonamides is 1. The first kappa shape index (κ1) is 21.3. The first-order valence-corrected chi connectivity index (χ1v) is 12.8. The molecule has 0 saturated heterocycles. The number of phenols is 1. The van der Waals surface area contributed by atoms with Crippen molar-refractivity contribution >= 4 is 49.1 Å². The number of aromatic hydroxyl groups is 1. The first-order chi connectivity index (χ1) is 16.0. The van der Waals surface area contributed by atoms with Gasteiger partial charge in [0.1, 0.15) is 5.75 Å². The molecule has 0 aliphatic carbocycles. The average molecular weight is 473 g/mol. The molecule has 0 aliphatic heterocycles. The minimum Gasteiger partial charge on any atom is -0.506 e. The number of anilines is 1. The molecule has 0 bridgehead atoms. The van der Waals surface area contributed by atoms with Gasteiger partial charge in [0.15, 0.2) is 0 Å². The molecule has 4 aromatic carbocycles. The van der Waals surface area contributed by atoms with E-state index in [1.807, 2.05) is 60.7 Å². The number of fused-ring (bicyclic) bond motifs is 2. The molecule has 0 amide bonds. The third kappa shape index (κ3) is 4.51. The molecule has 2 N–H and O–H groups in total. The highest BCUT2D eigenvalue weighted by Crippen LogP contribution is 2.44. The van der Waals surface area contributed by atoms with E-state index in [1.165, 1.54) is 11.8 Å². The fourth-order valence-corrected chi connectivity index (χ4v) is 6.01. The van der Waals surface area contributed by atoms with Gasteiger partial charge in [-0.3, -0.25) is 9.71 Å². The number of nitrogens with zero attached hydrogens (tertiary/aromatic N) is 1. The second kappa shape index (κ2) is 8.77. The molecule has 0 spiro atoms. The van der Waals surface area contributed by atoms with Gasteiger partial charge in [-0.2, -0.15) is 0 Å². The van der Waals surface area contributed by atoms with Crippen LogP contribution in [0.3, 0.4) is 0 Å². The Morgan fingerprint density at radius 1 is 0.818 bits per heavy atom. The van der Waals surface area contributed by atoms with Gasteiger partial charge in [-0.1, -0.05) is 84.6 Å². The van der Waals surface area contributed by atoms with Crippen LogP contribution in [0.2, 0.25) is 0 Å². The standard InChI is InChI=1S/C26H20N2O3S2/c29-26-21-13-5-4-12-20(21)22(28-33(30,31)17-18-8-2-1-3-9-18)16-24(26)32-23-14-6-10-19-11-7-15-27-25(19)23/h1-16,28-29H,17H2. The van der Waals surface area contributed by atoms with Crippen molar-refractivity contribution in [2.75, 3.05) is 4.72 Å². The summed E-state index contributed by atoms with van der Waals surface area (Å²) in [6.07, 6.45) is 1.73. The van der Waals surface area contributed by atoms with Crippen LogP contribution < -0.4 is 4.72 Å². The minimum atomic E-state index is -3.67. The number of phenolic OH excluding ortho intramolecular Hbond substituents is 1. The molecular weight excluding hydrogens is 452 g/mol. The van der Waals surface area contributed by atoms with Crippen molar-refractivity contribution in [1.82, 2.24) is 4.98 Å². The summed E-state index contributed by atoms with van der Waals surface area (Å²) in [6, 6.07) is 27.7. The van der Waals surface area contributed by atoms with Crippen LogP contribution in [0.4, 0.5) is 5.69 Å². The van der Waals surface area contributed by atoms with Gasteiger partial charge in [0.05, 0.1) is 21.9 Å². The number of aromatic nitrogens is 1. The van der Waals surface area contributed by atoms with Crippen molar-refractivity contribution in [3.8, 4) is 5.75 Å². The number of benzene rings is 4. The van der Waals surface area contributed by atoms with E-state index in [0.717, 1.165) is 15.8 Å². The van der Waals surface area contributed by atoms with Gasteiger partial charge in [-0.05, 0) is 23.8 Å². The van der Waals surface area contributed by atoms with Gasteiger partial charge in [0.25, 0.3) is 0 Å². The molecule has 164 valence electrons. The number of rotatable bonds is 6. The third-order valence-electron chi connectivity index (χ3n) is 5.26. The summed E-state index contributed by atoms with van der Waals surface area (Å²) >= 11 is 1.36. The summed E-state index contributed by atoms with van der Waals surface area (Å²) in [5.74, 6) is -0.0341. The van der Waals surface area contributed by atoms with Gasteiger partial charge in [-0.15, -0.1) is 0 Å². The summed E-state index contributed by atoms with van der Waals surface area (Å²) in [5.41, 5.74) is 1.95. The van der Waals surface area contributed by atoms with Gasteiger partial charge in [0, 0.05) is 27.3 Å². The van der Waals surface area contributed by atoms with Crippen LogP contribution >= 0.6 is 11.8 Å². The Labute approximate surface area is 196 Å². The van der Waals surface area contributed by atoms with Crippen LogP contribution in [0.25, 0.3) is 21.7 Å². The Morgan fingerprint density at radius 3 is 2.36 bits per heavy atom. The molecule has 1 heterocycles. The van der Waals surface area contributed by atoms with E-state index < -0.39 is 10.0 Å². The van der Waals surface area contributed by atoms with Crippen molar-refractivity contribution in [3.63, 3.8) is 0 Å². The zero-order chi connectivity index (χ0) is 22.8. The van der Waals surface area contributed by atoms with Crippen LogP contribution in [0.15, 0.2) is 107 Å². The largest absolute Gasteiger partial charge is 0.506 e. The molecule has 0 saturated carbocycles. The van der Waals surface area contributed by atoms with Crippen molar-refractivity contribution < 1.29 is 13.5 Å². The average Bonchev–Trinajstić information content (AvgIpc) is 2.82. The van der Waals surface area contributed by atoms with E-state index in [2.05, 4.69) is 9.71 Å². The molecule has 0 aliphatic rings. The summed E-state index contributed by atoms with van der Waals surface area (Å²) in [4.78, 5) is 5.90. The van der Waals surface area contributed by atoms with Crippen LogP contribution in [-0.4, -0.2) is 18.5 Å². The lowest BCUT2D eigenvalue weighted by Gasteiger charge is -2.15. The smallest absolute Gasteiger partial charge is 0.236 e. The van der Waals surface area contributed by atoms with E-state index in [0.29, 0.717) is 26.9 Å². The summed E-state index contributed by atoms with van der Waals surface area (Å²) in [7, 11) is -3.67. The SMILES string of the molecule is O=S(=O)(Cc1ccccc1)Nc1cc(Sc2cccc3cccnc23)c(O)c2ccccc12. The Hall–Kier alpha value is -3.55. The summed E-state index contributed by atoms with van der Waals surface area (Å²) < 4.78 is 28.6. The fourth-order valence-electron chi connectivity index (χ4n) is 3.77. The molecule has 5 rings (SSSR count). The zero-order valence-electron chi connectivity index (χ0n) is 17.5. The van der Waals surface area contributed by atoms with Gasteiger partial charge < -0.3 is 5.11 Å². The highest BCUT2D eigenvalue weighted by atomic mass is 32.2. The quantitative estimate of drug-likeness (QED) is 0.288. The lowest BCUT2D eigenvalue weighted by molar-refractivity contribution is 0.469. The monoisotopic (exact) mass is 472 g/mol. The number of hydrogen-bond donors (Lipinski definition) is 2. The number of hydrogen-bond acceptors (Lipinski definition) is 5. The zero-order valence-corrected chi connectivity index (χ0v) is 19.1. The van der Waals surface area contributed by atoms with Gasteiger partial charge in [0.2, 0.25) is 10.0 Å². The predicted molar refractivity (Wildman–Crippen MR) is 134 cm³/mol. The topological polar surface area (TPSA) is 79.3 Å². The maximum Gasteiger partial charge on any atom is 0.236 e. The minimum absolute atomic E-state index is 0.106. The van der Waals surface area contributed by atoms with Crippen LogP contribution in [0.1, 0.15) is 5.56 Å². The van der Waals surface area contributed by atoms with Crippen molar-refractivity contribution in [1.29, 1.82) is 0 Å². The van der Waals surface area contributed by atoms with E-state index in [9.17, 15) is 13.5 Å². The highest BCUT2D eigenvalue weighted by molar-refractivity contribution is 7.99. The molecule has 0 unspecified atom stereocenters. The van der Waals surface area contributed by atoms with E-state index >= 15 is 0 Å².